The van der Waals surface area contributed by atoms with Crippen LogP contribution in [0.15, 0.2) is 30.6 Å². The standard InChI is InChI=1S/C35H51N9O3/c1-35(2,3)47-34(46)43-16-13-25(14-17-43)12-15-41-18-20-42(21-19-41)28-10-11-30(36-24-28)38-33-37-23-26-22-29(32(45)40(4)5)44(31(26)39-33)27-8-6-7-9-27/h10-11,22-25,27H,6-9,12-21H2,1-5H3,(H,36,37,38,39). The molecule has 0 radical (unpaired) electrons. The smallest absolute Gasteiger partial charge is 0.410 e. The van der Waals surface area contributed by atoms with Gasteiger partial charge in [0.2, 0.25) is 5.95 Å². The molecule has 3 fully saturated rings. The zero-order valence-electron chi connectivity index (χ0n) is 28.7. The van der Waals surface area contributed by atoms with Crippen molar-refractivity contribution < 1.29 is 14.3 Å². The van der Waals surface area contributed by atoms with Gasteiger partial charge in [-0.25, -0.2) is 14.8 Å². The van der Waals surface area contributed by atoms with Gasteiger partial charge in [0, 0.05) is 71.0 Å². The van der Waals surface area contributed by atoms with Crippen LogP contribution < -0.4 is 10.2 Å². The molecular formula is C35H51N9O3. The second kappa shape index (κ2) is 14.0. The van der Waals surface area contributed by atoms with Gasteiger partial charge < -0.3 is 29.3 Å². The Morgan fingerprint density at radius 3 is 2.32 bits per heavy atom. The molecule has 1 N–H and O–H groups in total. The number of amides is 2. The van der Waals surface area contributed by atoms with Gasteiger partial charge in [-0.05, 0) is 83.5 Å². The van der Waals surface area contributed by atoms with Gasteiger partial charge in [0.1, 0.15) is 22.8 Å². The summed E-state index contributed by atoms with van der Waals surface area (Å²) in [4.78, 5) is 47.9. The Morgan fingerprint density at radius 2 is 1.68 bits per heavy atom. The molecule has 0 atom stereocenters. The van der Waals surface area contributed by atoms with E-state index in [0.29, 0.717) is 23.4 Å². The minimum Gasteiger partial charge on any atom is -0.444 e. The maximum Gasteiger partial charge on any atom is 0.410 e. The first kappa shape index (κ1) is 33.0. The Labute approximate surface area is 278 Å². The summed E-state index contributed by atoms with van der Waals surface area (Å²) in [5, 5.41) is 4.16. The minimum atomic E-state index is -0.446. The number of anilines is 3. The van der Waals surface area contributed by atoms with Crippen LogP contribution in [0.25, 0.3) is 11.0 Å². The molecule has 2 amide bonds. The Morgan fingerprint density at radius 1 is 0.957 bits per heavy atom. The number of likely N-dealkylation sites (tertiary alicyclic amines) is 1. The van der Waals surface area contributed by atoms with Gasteiger partial charge in [0.15, 0.2) is 0 Å². The number of carbonyl (C=O) groups is 2. The predicted molar refractivity (Wildman–Crippen MR) is 184 cm³/mol. The molecule has 1 saturated carbocycles. The van der Waals surface area contributed by atoms with E-state index in [-0.39, 0.29) is 18.0 Å². The first-order valence-corrected chi connectivity index (χ1v) is 17.3. The normalized spacial score (nSPS) is 18.6. The van der Waals surface area contributed by atoms with Crippen molar-refractivity contribution in [3.63, 3.8) is 0 Å². The van der Waals surface area contributed by atoms with E-state index in [1.807, 2.05) is 44.0 Å². The van der Waals surface area contributed by atoms with E-state index in [9.17, 15) is 9.59 Å². The van der Waals surface area contributed by atoms with Crippen molar-refractivity contribution in [1.82, 2.24) is 34.2 Å². The molecule has 0 unspecified atom stereocenters. The number of piperidine rings is 1. The van der Waals surface area contributed by atoms with Crippen molar-refractivity contribution in [2.24, 2.45) is 5.92 Å². The lowest BCUT2D eigenvalue weighted by molar-refractivity contribution is 0.0177. The van der Waals surface area contributed by atoms with Crippen molar-refractivity contribution in [2.45, 2.75) is 77.4 Å². The second-order valence-electron chi connectivity index (χ2n) is 14.6. The highest BCUT2D eigenvalue weighted by atomic mass is 16.6. The molecule has 5 heterocycles. The Balaban J connectivity index is 0.994. The molecule has 0 aromatic carbocycles. The monoisotopic (exact) mass is 645 g/mol. The molecule has 1 aliphatic carbocycles. The molecule has 3 aromatic rings. The highest BCUT2D eigenvalue weighted by Crippen LogP contribution is 2.35. The van der Waals surface area contributed by atoms with Gasteiger partial charge in [0.05, 0.1) is 11.9 Å². The fraction of sp³-hybridized carbons (Fsp3) is 0.629. The van der Waals surface area contributed by atoms with Crippen LogP contribution in [0.2, 0.25) is 0 Å². The summed E-state index contributed by atoms with van der Waals surface area (Å²) < 4.78 is 7.67. The maximum atomic E-state index is 13.0. The lowest BCUT2D eigenvalue weighted by Crippen LogP contribution is -2.47. The molecule has 12 heteroatoms. The van der Waals surface area contributed by atoms with Crippen LogP contribution in [0.3, 0.4) is 0 Å². The van der Waals surface area contributed by atoms with E-state index in [1.54, 1.807) is 25.2 Å². The molecule has 2 saturated heterocycles. The molecule has 0 spiro atoms. The second-order valence-corrected chi connectivity index (χ2v) is 14.6. The zero-order chi connectivity index (χ0) is 33.1. The number of pyridine rings is 1. The number of fused-ring (bicyclic) bond motifs is 1. The lowest BCUT2D eigenvalue weighted by atomic mass is 9.93. The number of nitrogens with one attached hydrogen (secondary N) is 1. The first-order chi connectivity index (χ1) is 22.5. The molecule has 12 nitrogen and oxygen atoms in total. The van der Waals surface area contributed by atoms with Crippen LogP contribution in [0.5, 0.6) is 0 Å². The Bertz CT molecular complexity index is 1530. The molecule has 6 rings (SSSR count). The summed E-state index contributed by atoms with van der Waals surface area (Å²) in [5.41, 5.74) is 2.13. The zero-order valence-corrected chi connectivity index (χ0v) is 28.7. The fourth-order valence-corrected chi connectivity index (χ4v) is 7.08. The summed E-state index contributed by atoms with van der Waals surface area (Å²) in [6.45, 7) is 12.4. The van der Waals surface area contributed by atoms with Gasteiger partial charge >= 0.3 is 6.09 Å². The maximum absolute atomic E-state index is 13.0. The van der Waals surface area contributed by atoms with E-state index < -0.39 is 5.60 Å². The van der Waals surface area contributed by atoms with Gasteiger partial charge in [-0.3, -0.25) is 9.69 Å². The number of ether oxygens (including phenoxy) is 1. The van der Waals surface area contributed by atoms with E-state index >= 15 is 0 Å². The van der Waals surface area contributed by atoms with Crippen LogP contribution in [-0.4, -0.2) is 112 Å². The van der Waals surface area contributed by atoms with Crippen molar-refractivity contribution >= 4 is 40.5 Å². The molecule has 3 aliphatic rings. The average Bonchev–Trinajstić information content (AvgIpc) is 3.71. The van der Waals surface area contributed by atoms with Gasteiger partial charge in [-0.1, -0.05) is 12.8 Å². The topological polar surface area (TPSA) is 112 Å². The first-order valence-electron chi connectivity index (χ1n) is 17.3. The number of nitrogens with zero attached hydrogens (tertiary/aromatic N) is 8. The van der Waals surface area contributed by atoms with E-state index in [4.69, 9.17) is 9.72 Å². The van der Waals surface area contributed by atoms with Gasteiger partial charge in [-0.15, -0.1) is 0 Å². The Hall–Kier alpha value is -3.93. The van der Waals surface area contributed by atoms with E-state index in [2.05, 4.69) is 35.7 Å². The third-order valence-electron chi connectivity index (χ3n) is 9.74. The lowest BCUT2D eigenvalue weighted by Gasteiger charge is -2.37. The summed E-state index contributed by atoms with van der Waals surface area (Å²) in [6, 6.07) is 6.28. The van der Waals surface area contributed by atoms with Crippen LogP contribution in [0, 0.1) is 5.92 Å². The number of aromatic nitrogens is 4. The summed E-state index contributed by atoms with van der Waals surface area (Å²) in [5.74, 6) is 1.81. The average molecular weight is 646 g/mol. The van der Waals surface area contributed by atoms with Crippen LogP contribution in [-0.2, 0) is 4.74 Å². The number of carbonyl (C=O) groups excluding carboxylic acids is 2. The van der Waals surface area contributed by atoms with Gasteiger partial charge in [-0.2, -0.15) is 4.98 Å². The quantitative estimate of drug-likeness (QED) is 0.337. The van der Waals surface area contributed by atoms with Crippen LogP contribution in [0.1, 0.15) is 82.2 Å². The number of hydrogen-bond donors (Lipinski definition) is 1. The molecule has 0 bridgehead atoms. The largest absolute Gasteiger partial charge is 0.444 e. The highest BCUT2D eigenvalue weighted by Gasteiger charge is 2.28. The number of hydrogen-bond acceptors (Lipinski definition) is 9. The van der Waals surface area contributed by atoms with Crippen molar-refractivity contribution in [3.05, 3.63) is 36.3 Å². The molecule has 47 heavy (non-hydrogen) atoms. The van der Waals surface area contributed by atoms with Gasteiger partial charge in [0.25, 0.3) is 5.91 Å². The Kier molecular flexibility index (Phi) is 9.86. The molecule has 2 aliphatic heterocycles. The van der Waals surface area contributed by atoms with Crippen LogP contribution >= 0.6 is 0 Å². The summed E-state index contributed by atoms with van der Waals surface area (Å²) in [6.07, 6.45) is 11.3. The molecule has 3 aromatic heterocycles. The van der Waals surface area contributed by atoms with Crippen LogP contribution in [0.4, 0.5) is 22.2 Å². The molecular weight excluding hydrogens is 594 g/mol. The predicted octanol–water partition coefficient (Wildman–Crippen LogP) is 5.55. The third kappa shape index (κ3) is 7.97. The minimum absolute atomic E-state index is 0.0140. The van der Waals surface area contributed by atoms with Crippen molar-refractivity contribution in [1.29, 1.82) is 0 Å². The summed E-state index contributed by atoms with van der Waals surface area (Å²) in [7, 11) is 3.57. The van der Waals surface area contributed by atoms with E-state index in [1.165, 1.54) is 19.3 Å². The summed E-state index contributed by atoms with van der Waals surface area (Å²) >= 11 is 0. The van der Waals surface area contributed by atoms with E-state index in [0.717, 1.165) is 88.2 Å². The van der Waals surface area contributed by atoms with Crippen molar-refractivity contribution in [3.8, 4) is 0 Å². The van der Waals surface area contributed by atoms with Crippen molar-refractivity contribution in [2.75, 3.05) is 70.1 Å². The number of piperazine rings is 1. The third-order valence-corrected chi connectivity index (χ3v) is 9.74. The number of rotatable bonds is 8. The highest BCUT2D eigenvalue weighted by molar-refractivity contribution is 5.98. The molecule has 254 valence electrons. The fourth-order valence-electron chi connectivity index (χ4n) is 7.08. The SMILES string of the molecule is CN(C)C(=O)c1cc2cnc(Nc3ccc(N4CCN(CCC5CCN(C(=O)OC(C)(C)C)CC5)CC4)cn3)nc2n1C1CCCC1.